The summed E-state index contributed by atoms with van der Waals surface area (Å²) in [6, 6.07) is 24.5. The molecule has 49 heavy (non-hydrogen) atoms. The van der Waals surface area contributed by atoms with Gasteiger partial charge in [0.25, 0.3) is 0 Å². The van der Waals surface area contributed by atoms with Gasteiger partial charge in [0.05, 0.1) is 16.7 Å². The number of hydrogen-bond donors (Lipinski definition) is 3. The summed E-state index contributed by atoms with van der Waals surface area (Å²) < 4.78 is 2.29. The van der Waals surface area contributed by atoms with Crippen molar-refractivity contribution in [2.45, 2.75) is 98.8 Å². The number of rotatable bonds is 6. The molecular weight excluding hydrogens is 678 g/mol. The monoisotopic (exact) mass is 737 g/mol. The summed E-state index contributed by atoms with van der Waals surface area (Å²) in [5, 5.41) is 21.4. The fraction of sp³-hybridized carbons (Fsp3) is 0.409. The average molecular weight is 739 g/mol. The summed E-state index contributed by atoms with van der Waals surface area (Å²) in [4.78, 5) is 0. The van der Waals surface area contributed by atoms with Gasteiger partial charge >= 0.3 is 26.2 Å². The normalized spacial score (nSPS) is 12.3. The largest absolute Gasteiger partial charge is 2.00 e. The van der Waals surface area contributed by atoms with Crippen molar-refractivity contribution < 1.29 is 31.3 Å². The molecule has 3 N–H and O–H groups in total. The summed E-state index contributed by atoms with van der Waals surface area (Å²) in [7, 11) is 3.87. The standard InChI is InChI=1S/C42H55N3O.2CH3.Zr/c1-39(2,3)25-42(10,11)29-22-32(26-18-30(43-12)24-31(19-26)44-13)38(46)37(23-29)45-35-16-14-27(40(4,5)6)20-33(35)34-21-28(41(7,8)9)15-17-36(34)45;;;/h14-24,43-44,46H,25H2,1-13H3;2*1H3;/q;2*-1;+2. The fourth-order valence-corrected chi connectivity index (χ4v) is 7.12. The second-order valence-corrected chi connectivity index (χ2v) is 17.1. The molecule has 0 aliphatic heterocycles. The Kier molecular flexibility index (Phi) is 12.6. The van der Waals surface area contributed by atoms with Gasteiger partial charge in [-0.05, 0) is 105 Å². The SMILES string of the molecule is CNc1cc(NC)cc(-c2cc(C(C)(C)CC(C)(C)C)cc(-n3c4ccc(C(C)(C)C)cc4c4cc(C(C)(C)C)ccc43)c2O)c1.[CH3-].[CH3-].[Zr+2]. The van der Waals surface area contributed by atoms with E-state index < -0.39 is 0 Å². The molecule has 0 amide bonds. The predicted octanol–water partition coefficient (Wildman–Crippen LogP) is 12.4. The molecule has 262 valence electrons. The summed E-state index contributed by atoms with van der Waals surface area (Å²) in [5.74, 6) is 0.282. The van der Waals surface area contributed by atoms with E-state index in [0.717, 1.165) is 45.6 Å². The number of phenols is 1. The maximum absolute atomic E-state index is 12.4. The van der Waals surface area contributed by atoms with Gasteiger partial charge in [-0.1, -0.05) is 88.3 Å². The Morgan fingerprint density at radius 3 is 1.43 bits per heavy atom. The van der Waals surface area contributed by atoms with Gasteiger partial charge in [0, 0.05) is 41.8 Å². The van der Waals surface area contributed by atoms with Crippen LogP contribution in [0, 0.1) is 20.3 Å². The van der Waals surface area contributed by atoms with Crippen LogP contribution >= 0.6 is 0 Å². The van der Waals surface area contributed by atoms with Gasteiger partial charge in [-0.15, -0.1) is 0 Å². The molecule has 4 aromatic carbocycles. The van der Waals surface area contributed by atoms with Gasteiger partial charge in [0.15, 0.2) is 0 Å². The minimum atomic E-state index is -0.139. The molecule has 0 fully saturated rings. The summed E-state index contributed by atoms with van der Waals surface area (Å²) in [6.45, 7) is 25.2. The van der Waals surface area contributed by atoms with Crippen molar-refractivity contribution in [2.24, 2.45) is 5.41 Å². The number of fused-ring (bicyclic) bond motifs is 3. The molecule has 0 radical (unpaired) electrons. The zero-order valence-electron chi connectivity index (χ0n) is 33.0. The van der Waals surface area contributed by atoms with Crippen molar-refractivity contribution in [3.63, 3.8) is 0 Å². The molecule has 5 aromatic rings. The second kappa shape index (κ2) is 14.7. The quantitative estimate of drug-likeness (QED) is 0.152. The number of aromatic hydroxyl groups is 1. The molecule has 0 saturated heterocycles. The van der Waals surface area contributed by atoms with E-state index >= 15 is 0 Å². The van der Waals surface area contributed by atoms with Crippen molar-refractivity contribution in [3.05, 3.63) is 98.3 Å². The average Bonchev–Trinajstić information content (AvgIpc) is 3.27. The van der Waals surface area contributed by atoms with E-state index in [0.29, 0.717) is 0 Å². The molecule has 0 aliphatic rings. The van der Waals surface area contributed by atoms with E-state index in [-0.39, 0.29) is 68.5 Å². The molecular formula is C44H61N3OZr. The number of nitrogens with one attached hydrogen (secondary N) is 2. The number of anilines is 2. The van der Waals surface area contributed by atoms with Crippen LogP contribution in [0.1, 0.15) is 99.3 Å². The van der Waals surface area contributed by atoms with Crippen LogP contribution in [-0.4, -0.2) is 23.8 Å². The van der Waals surface area contributed by atoms with Crippen LogP contribution in [0.3, 0.4) is 0 Å². The number of nitrogens with zero attached hydrogens (tertiary/aromatic N) is 1. The smallest absolute Gasteiger partial charge is 0.505 e. The molecule has 5 rings (SSSR count). The van der Waals surface area contributed by atoms with Crippen LogP contribution in [0.2, 0.25) is 0 Å². The van der Waals surface area contributed by atoms with Crippen molar-refractivity contribution in [2.75, 3.05) is 24.7 Å². The Bertz CT molecular complexity index is 1830. The first-order chi connectivity index (χ1) is 21.2. The van der Waals surface area contributed by atoms with Crippen LogP contribution in [-0.2, 0) is 42.4 Å². The summed E-state index contributed by atoms with van der Waals surface area (Å²) in [5.41, 5.74) is 10.6. The Morgan fingerprint density at radius 1 is 0.592 bits per heavy atom. The van der Waals surface area contributed by atoms with E-state index in [4.69, 9.17) is 0 Å². The van der Waals surface area contributed by atoms with Crippen LogP contribution in [0.4, 0.5) is 11.4 Å². The summed E-state index contributed by atoms with van der Waals surface area (Å²) in [6.07, 6.45) is 0.999. The van der Waals surface area contributed by atoms with Crippen LogP contribution in [0.5, 0.6) is 5.75 Å². The Morgan fingerprint density at radius 2 is 1.04 bits per heavy atom. The number of hydrogen-bond acceptors (Lipinski definition) is 3. The molecule has 0 atom stereocenters. The third kappa shape index (κ3) is 8.47. The van der Waals surface area contributed by atoms with Gasteiger partial charge in [0.2, 0.25) is 0 Å². The minimum Gasteiger partial charge on any atom is -0.505 e. The van der Waals surface area contributed by atoms with Gasteiger partial charge < -0.3 is 35.2 Å². The third-order valence-electron chi connectivity index (χ3n) is 9.40. The first-order valence-corrected chi connectivity index (χ1v) is 16.7. The van der Waals surface area contributed by atoms with Gasteiger partial charge in [-0.3, -0.25) is 0 Å². The molecule has 4 nitrogen and oxygen atoms in total. The van der Waals surface area contributed by atoms with E-state index in [2.05, 4.69) is 158 Å². The zero-order chi connectivity index (χ0) is 34.0. The molecule has 0 aliphatic carbocycles. The maximum Gasteiger partial charge on any atom is 2.00 e. The second-order valence-electron chi connectivity index (χ2n) is 17.1. The number of aromatic nitrogens is 1. The van der Waals surface area contributed by atoms with E-state index in [9.17, 15) is 5.11 Å². The Balaban J connectivity index is 0.00000278. The Hall–Kier alpha value is -3.04. The minimum absolute atomic E-state index is 0. The van der Waals surface area contributed by atoms with Crippen molar-refractivity contribution in [3.8, 4) is 22.6 Å². The molecule has 0 saturated carbocycles. The van der Waals surface area contributed by atoms with E-state index in [1.54, 1.807) is 0 Å². The number of phenolic OH excluding ortho intramolecular Hbond substituents is 1. The Labute approximate surface area is 317 Å². The van der Waals surface area contributed by atoms with Crippen molar-refractivity contribution in [1.29, 1.82) is 0 Å². The summed E-state index contributed by atoms with van der Waals surface area (Å²) >= 11 is 0. The van der Waals surface area contributed by atoms with E-state index in [1.165, 1.54) is 27.5 Å². The van der Waals surface area contributed by atoms with Crippen LogP contribution < -0.4 is 10.6 Å². The van der Waals surface area contributed by atoms with Gasteiger partial charge in [-0.25, -0.2) is 0 Å². The fourth-order valence-electron chi connectivity index (χ4n) is 7.12. The molecule has 1 aromatic heterocycles. The molecule has 0 spiro atoms. The first kappa shape index (κ1) is 42.1. The topological polar surface area (TPSA) is 49.2 Å². The number of benzene rings is 4. The molecule has 0 unspecified atom stereocenters. The third-order valence-corrected chi connectivity index (χ3v) is 9.40. The van der Waals surface area contributed by atoms with Crippen molar-refractivity contribution in [1.82, 2.24) is 4.57 Å². The maximum atomic E-state index is 12.4. The van der Waals surface area contributed by atoms with Gasteiger partial charge in [-0.2, -0.15) is 0 Å². The molecule has 0 bridgehead atoms. The van der Waals surface area contributed by atoms with E-state index in [1.807, 2.05) is 14.1 Å². The van der Waals surface area contributed by atoms with Crippen molar-refractivity contribution >= 4 is 33.2 Å². The molecule has 5 heteroatoms. The first-order valence-electron chi connectivity index (χ1n) is 16.7. The molecule has 1 heterocycles. The van der Waals surface area contributed by atoms with Crippen LogP contribution in [0.15, 0.2) is 66.7 Å². The van der Waals surface area contributed by atoms with Crippen LogP contribution in [0.25, 0.3) is 38.6 Å². The predicted molar refractivity (Wildman–Crippen MR) is 214 cm³/mol. The van der Waals surface area contributed by atoms with Gasteiger partial charge in [0.1, 0.15) is 5.75 Å². The zero-order valence-corrected chi connectivity index (χ0v) is 35.4.